The summed E-state index contributed by atoms with van der Waals surface area (Å²) in [4.78, 5) is 1.43. The lowest BCUT2D eigenvalue weighted by atomic mass is 9.98. The molecule has 17 heavy (non-hydrogen) atoms. The molecule has 0 amide bonds. The van der Waals surface area contributed by atoms with Gasteiger partial charge in [0, 0.05) is 10.8 Å². The Balaban J connectivity index is 2.70. The summed E-state index contributed by atoms with van der Waals surface area (Å²) in [5, 5.41) is 0.826. The number of benzene rings is 1. The van der Waals surface area contributed by atoms with Crippen molar-refractivity contribution in [2.75, 3.05) is 5.75 Å². The molecule has 0 aliphatic carbocycles. The van der Waals surface area contributed by atoms with E-state index in [1.54, 1.807) is 0 Å². The maximum Gasteiger partial charge on any atom is 0.0408 e. The lowest BCUT2D eigenvalue weighted by Gasteiger charge is -2.15. The highest BCUT2D eigenvalue weighted by Gasteiger charge is 2.09. The van der Waals surface area contributed by atoms with E-state index in [-0.39, 0.29) is 0 Å². The smallest absolute Gasteiger partial charge is 0.0408 e. The van der Waals surface area contributed by atoms with Gasteiger partial charge in [0.15, 0.2) is 0 Å². The van der Waals surface area contributed by atoms with Crippen LogP contribution in [0, 0.1) is 6.92 Å². The molecular formula is C15H21ClS. The summed E-state index contributed by atoms with van der Waals surface area (Å²) < 4.78 is 0. The second kappa shape index (κ2) is 6.51. The quantitative estimate of drug-likeness (QED) is 0.665. The first-order chi connectivity index (χ1) is 7.91. The van der Waals surface area contributed by atoms with Crippen LogP contribution in [0.5, 0.6) is 0 Å². The summed E-state index contributed by atoms with van der Waals surface area (Å²) >= 11 is 7.93. The summed E-state index contributed by atoms with van der Waals surface area (Å²) in [6.07, 6.45) is 0. The molecule has 0 bridgehead atoms. The zero-order valence-corrected chi connectivity index (χ0v) is 12.9. The maximum absolute atomic E-state index is 5.98. The van der Waals surface area contributed by atoms with Gasteiger partial charge in [-0.1, -0.05) is 30.2 Å². The van der Waals surface area contributed by atoms with Crippen molar-refractivity contribution in [3.63, 3.8) is 0 Å². The number of hydrogen-bond donors (Lipinski definition) is 0. The highest BCUT2D eigenvalue weighted by atomic mass is 35.5. The van der Waals surface area contributed by atoms with Crippen LogP contribution >= 0.6 is 23.4 Å². The summed E-state index contributed by atoms with van der Waals surface area (Å²) in [6, 6.07) is 6.19. The molecule has 0 aliphatic rings. The average Bonchev–Trinajstić information content (AvgIpc) is 2.25. The van der Waals surface area contributed by atoms with Gasteiger partial charge in [0.1, 0.15) is 0 Å². The minimum Gasteiger partial charge on any atom is -0.130 e. The van der Waals surface area contributed by atoms with E-state index in [0.29, 0.717) is 5.92 Å². The monoisotopic (exact) mass is 268 g/mol. The van der Waals surface area contributed by atoms with Crippen LogP contribution < -0.4 is 0 Å². The molecular weight excluding hydrogens is 248 g/mol. The van der Waals surface area contributed by atoms with Crippen LogP contribution in [-0.2, 0) is 0 Å². The van der Waals surface area contributed by atoms with Gasteiger partial charge < -0.3 is 0 Å². The fourth-order valence-corrected chi connectivity index (χ4v) is 2.87. The van der Waals surface area contributed by atoms with Crippen LogP contribution in [-0.4, -0.2) is 5.75 Å². The van der Waals surface area contributed by atoms with Gasteiger partial charge in [0.25, 0.3) is 0 Å². The Hall–Kier alpha value is -0.400. The molecule has 1 aromatic rings. The summed E-state index contributed by atoms with van der Waals surface area (Å²) in [5.74, 6) is 1.69. The SMILES string of the molecule is CC(C)=C(C)SCC(C)c1ccc(Cl)cc1C. The van der Waals surface area contributed by atoms with E-state index in [0.717, 1.165) is 10.8 Å². The first kappa shape index (κ1) is 14.7. The van der Waals surface area contributed by atoms with E-state index in [4.69, 9.17) is 11.6 Å². The molecule has 0 heterocycles. The minimum atomic E-state index is 0.562. The predicted octanol–water partition coefficient (Wildman–Crippen LogP) is 5.80. The summed E-state index contributed by atoms with van der Waals surface area (Å²) in [6.45, 7) is 10.9. The van der Waals surface area contributed by atoms with Gasteiger partial charge in [-0.05, 0) is 61.8 Å². The topological polar surface area (TPSA) is 0 Å². The van der Waals surface area contributed by atoms with E-state index < -0.39 is 0 Å². The van der Waals surface area contributed by atoms with Gasteiger partial charge in [-0.15, -0.1) is 11.8 Å². The van der Waals surface area contributed by atoms with Crippen LogP contribution in [0.25, 0.3) is 0 Å². The Labute approximate surface area is 114 Å². The number of allylic oxidation sites excluding steroid dienone is 2. The van der Waals surface area contributed by atoms with Crippen LogP contribution in [0.1, 0.15) is 44.7 Å². The number of halogens is 1. The van der Waals surface area contributed by atoms with Crippen LogP contribution in [0.3, 0.4) is 0 Å². The molecule has 1 aromatic carbocycles. The molecule has 0 spiro atoms. The van der Waals surface area contributed by atoms with Crippen molar-refractivity contribution in [1.82, 2.24) is 0 Å². The van der Waals surface area contributed by atoms with Crippen molar-refractivity contribution in [2.24, 2.45) is 0 Å². The molecule has 0 aliphatic heterocycles. The van der Waals surface area contributed by atoms with Crippen molar-refractivity contribution in [3.05, 3.63) is 44.8 Å². The van der Waals surface area contributed by atoms with Crippen LogP contribution in [0.2, 0.25) is 5.02 Å². The molecule has 1 rings (SSSR count). The Kier molecular flexibility index (Phi) is 5.61. The largest absolute Gasteiger partial charge is 0.130 e. The molecule has 0 nitrogen and oxygen atoms in total. The summed E-state index contributed by atoms with van der Waals surface area (Å²) in [5.41, 5.74) is 4.11. The molecule has 94 valence electrons. The third kappa shape index (κ3) is 4.40. The van der Waals surface area contributed by atoms with Crippen molar-refractivity contribution in [1.29, 1.82) is 0 Å². The molecule has 0 radical (unpaired) electrons. The first-order valence-corrected chi connectivity index (χ1v) is 7.31. The Morgan fingerprint density at radius 1 is 1.29 bits per heavy atom. The number of hydrogen-bond acceptors (Lipinski definition) is 1. The van der Waals surface area contributed by atoms with Gasteiger partial charge in [0.2, 0.25) is 0 Å². The molecule has 1 atom stereocenters. The van der Waals surface area contributed by atoms with E-state index >= 15 is 0 Å². The first-order valence-electron chi connectivity index (χ1n) is 5.94. The van der Waals surface area contributed by atoms with Crippen molar-refractivity contribution in [2.45, 2.75) is 40.5 Å². The molecule has 0 fully saturated rings. The van der Waals surface area contributed by atoms with Gasteiger partial charge in [-0.3, -0.25) is 0 Å². The van der Waals surface area contributed by atoms with Gasteiger partial charge >= 0.3 is 0 Å². The fraction of sp³-hybridized carbons (Fsp3) is 0.467. The second-order valence-corrected chi connectivity index (χ2v) is 6.44. The third-order valence-corrected chi connectivity index (χ3v) is 4.76. The Morgan fingerprint density at radius 3 is 2.47 bits per heavy atom. The standard InChI is InChI=1S/C15H21ClS/c1-10(2)13(5)17-9-12(4)15-7-6-14(16)8-11(15)3/h6-8,12H,9H2,1-5H3. The van der Waals surface area contributed by atoms with E-state index in [2.05, 4.69) is 40.7 Å². The average molecular weight is 269 g/mol. The fourth-order valence-electron chi connectivity index (χ4n) is 1.68. The highest BCUT2D eigenvalue weighted by Crippen LogP contribution is 2.29. The van der Waals surface area contributed by atoms with Crippen LogP contribution in [0.15, 0.2) is 28.7 Å². The lowest BCUT2D eigenvalue weighted by Crippen LogP contribution is -1.99. The zero-order valence-electron chi connectivity index (χ0n) is 11.3. The normalized spacial score (nSPS) is 12.4. The minimum absolute atomic E-state index is 0.562. The van der Waals surface area contributed by atoms with Crippen molar-refractivity contribution >= 4 is 23.4 Å². The number of aryl methyl sites for hydroxylation is 1. The third-order valence-electron chi connectivity index (χ3n) is 3.02. The maximum atomic E-state index is 5.98. The van der Waals surface area contributed by atoms with E-state index in [1.165, 1.54) is 21.6 Å². The Bertz CT molecular complexity index is 417. The Morgan fingerprint density at radius 2 is 1.94 bits per heavy atom. The molecule has 1 unspecified atom stereocenters. The lowest BCUT2D eigenvalue weighted by molar-refractivity contribution is 0.871. The molecule has 0 aromatic heterocycles. The van der Waals surface area contributed by atoms with E-state index in [9.17, 15) is 0 Å². The van der Waals surface area contributed by atoms with E-state index in [1.807, 2.05) is 23.9 Å². The van der Waals surface area contributed by atoms with Crippen LogP contribution in [0.4, 0.5) is 0 Å². The predicted molar refractivity (Wildman–Crippen MR) is 81.1 cm³/mol. The van der Waals surface area contributed by atoms with Gasteiger partial charge in [-0.2, -0.15) is 0 Å². The molecule has 0 N–H and O–H groups in total. The number of thioether (sulfide) groups is 1. The second-order valence-electron chi connectivity index (χ2n) is 4.77. The zero-order chi connectivity index (χ0) is 13.0. The summed E-state index contributed by atoms with van der Waals surface area (Å²) in [7, 11) is 0. The molecule has 0 saturated heterocycles. The highest BCUT2D eigenvalue weighted by molar-refractivity contribution is 8.03. The van der Waals surface area contributed by atoms with Crippen molar-refractivity contribution in [3.8, 4) is 0 Å². The molecule has 0 saturated carbocycles. The molecule has 2 heteroatoms. The number of rotatable bonds is 4. The van der Waals surface area contributed by atoms with Gasteiger partial charge in [-0.25, -0.2) is 0 Å². The van der Waals surface area contributed by atoms with Crippen molar-refractivity contribution < 1.29 is 0 Å². The van der Waals surface area contributed by atoms with Gasteiger partial charge in [0.05, 0.1) is 0 Å².